The molecule has 0 aliphatic carbocycles. The zero-order valence-corrected chi connectivity index (χ0v) is 8.65. The third-order valence-electron chi connectivity index (χ3n) is 1.82. The number of nitrogens with zero attached hydrogens (tertiary/aromatic N) is 2. The van der Waals surface area contributed by atoms with Crippen molar-refractivity contribution in [2.45, 2.75) is 20.8 Å². The summed E-state index contributed by atoms with van der Waals surface area (Å²) in [6, 6.07) is 5.09. The van der Waals surface area contributed by atoms with Gasteiger partial charge in [-0.1, -0.05) is 13.8 Å². The molecular formula is C11H14N2O. The van der Waals surface area contributed by atoms with Crippen molar-refractivity contribution in [2.24, 2.45) is 0 Å². The van der Waals surface area contributed by atoms with E-state index in [1.807, 2.05) is 26.8 Å². The number of benzene rings is 1. The summed E-state index contributed by atoms with van der Waals surface area (Å²) in [4.78, 5) is 8.08. The standard InChI is InChI=1S/C9H8N2O.C2H6/c1-6-8-3-2-7(12)4-9(8)11-5-10-6;1-2/h2-5,12H,1H3;1-2H3. The number of rotatable bonds is 0. The van der Waals surface area contributed by atoms with E-state index in [0.29, 0.717) is 0 Å². The van der Waals surface area contributed by atoms with Gasteiger partial charge >= 0.3 is 0 Å². The van der Waals surface area contributed by atoms with E-state index in [9.17, 15) is 0 Å². The van der Waals surface area contributed by atoms with E-state index in [0.717, 1.165) is 16.6 Å². The highest BCUT2D eigenvalue weighted by Gasteiger charge is 1.98. The molecule has 0 saturated carbocycles. The van der Waals surface area contributed by atoms with Crippen molar-refractivity contribution in [3.8, 4) is 5.75 Å². The molecule has 3 heteroatoms. The van der Waals surface area contributed by atoms with Crippen LogP contribution in [-0.4, -0.2) is 15.1 Å². The van der Waals surface area contributed by atoms with Gasteiger partial charge in [0.2, 0.25) is 0 Å². The van der Waals surface area contributed by atoms with Crippen LogP contribution in [0.25, 0.3) is 10.9 Å². The van der Waals surface area contributed by atoms with Crippen LogP contribution >= 0.6 is 0 Å². The minimum atomic E-state index is 0.237. The van der Waals surface area contributed by atoms with E-state index in [1.165, 1.54) is 6.33 Å². The van der Waals surface area contributed by atoms with Crippen molar-refractivity contribution < 1.29 is 5.11 Å². The Labute approximate surface area is 83.4 Å². The first-order valence-electron chi connectivity index (χ1n) is 4.68. The minimum absolute atomic E-state index is 0.237. The maximum absolute atomic E-state index is 9.16. The van der Waals surface area contributed by atoms with Gasteiger partial charge in [0.1, 0.15) is 12.1 Å². The van der Waals surface area contributed by atoms with Gasteiger partial charge in [0.15, 0.2) is 0 Å². The molecule has 74 valence electrons. The lowest BCUT2D eigenvalue weighted by Crippen LogP contribution is -1.85. The highest BCUT2D eigenvalue weighted by molar-refractivity contribution is 5.81. The molecule has 14 heavy (non-hydrogen) atoms. The normalized spacial score (nSPS) is 9.36. The van der Waals surface area contributed by atoms with Crippen LogP contribution in [0.2, 0.25) is 0 Å². The highest BCUT2D eigenvalue weighted by Crippen LogP contribution is 2.18. The first-order chi connectivity index (χ1) is 6.77. The Morgan fingerprint density at radius 3 is 2.57 bits per heavy atom. The lowest BCUT2D eigenvalue weighted by atomic mass is 10.2. The van der Waals surface area contributed by atoms with Crippen LogP contribution in [0.4, 0.5) is 0 Å². The number of phenolic OH excluding ortho intramolecular Hbond substituents is 1. The van der Waals surface area contributed by atoms with Crippen molar-refractivity contribution in [1.29, 1.82) is 0 Å². The Morgan fingerprint density at radius 2 is 1.86 bits per heavy atom. The van der Waals surface area contributed by atoms with Crippen LogP contribution in [0.15, 0.2) is 24.5 Å². The summed E-state index contributed by atoms with van der Waals surface area (Å²) >= 11 is 0. The average Bonchev–Trinajstić information content (AvgIpc) is 2.21. The van der Waals surface area contributed by atoms with Crippen LogP contribution in [0.5, 0.6) is 5.75 Å². The summed E-state index contributed by atoms with van der Waals surface area (Å²) < 4.78 is 0. The largest absolute Gasteiger partial charge is 0.508 e. The molecule has 0 amide bonds. The van der Waals surface area contributed by atoms with E-state index < -0.39 is 0 Å². The Balaban J connectivity index is 0.000000461. The molecule has 1 N–H and O–H groups in total. The second-order valence-corrected chi connectivity index (χ2v) is 2.66. The lowest BCUT2D eigenvalue weighted by molar-refractivity contribution is 0.476. The van der Waals surface area contributed by atoms with Crippen LogP contribution in [0, 0.1) is 6.92 Å². The Bertz CT molecular complexity index is 427. The second kappa shape index (κ2) is 4.56. The summed E-state index contributed by atoms with van der Waals surface area (Å²) in [7, 11) is 0. The molecule has 0 atom stereocenters. The van der Waals surface area contributed by atoms with Crippen molar-refractivity contribution in [3.63, 3.8) is 0 Å². The zero-order valence-electron chi connectivity index (χ0n) is 8.65. The fraction of sp³-hybridized carbons (Fsp3) is 0.273. The zero-order chi connectivity index (χ0) is 10.6. The van der Waals surface area contributed by atoms with E-state index in [1.54, 1.807) is 12.1 Å². The molecule has 1 aromatic carbocycles. The van der Waals surface area contributed by atoms with E-state index >= 15 is 0 Å². The van der Waals surface area contributed by atoms with Gasteiger partial charge in [-0.15, -0.1) is 0 Å². The van der Waals surface area contributed by atoms with Crippen LogP contribution < -0.4 is 0 Å². The van der Waals surface area contributed by atoms with Crippen LogP contribution in [0.3, 0.4) is 0 Å². The van der Waals surface area contributed by atoms with Gasteiger partial charge in [-0.3, -0.25) is 0 Å². The Hall–Kier alpha value is -1.64. The monoisotopic (exact) mass is 190 g/mol. The molecule has 0 bridgehead atoms. The Morgan fingerprint density at radius 1 is 1.14 bits per heavy atom. The molecular weight excluding hydrogens is 176 g/mol. The molecule has 0 fully saturated rings. The molecule has 0 unspecified atom stereocenters. The van der Waals surface area contributed by atoms with E-state index in [4.69, 9.17) is 5.11 Å². The third kappa shape index (κ3) is 1.99. The molecule has 0 spiro atoms. The summed E-state index contributed by atoms with van der Waals surface area (Å²) in [5.41, 5.74) is 1.71. The summed E-state index contributed by atoms with van der Waals surface area (Å²) in [5, 5.41) is 10.1. The lowest BCUT2D eigenvalue weighted by Gasteiger charge is -1.99. The molecule has 0 saturated heterocycles. The number of hydrogen-bond acceptors (Lipinski definition) is 3. The molecule has 0 aliphatic rings. The number of aromatic hydroxyl groups is 1. The summed E-state index contributed by atoms with van der Waals surface area (Å²) in [5.74, 6) is 0.237. The van der Waals surface area contributed by atoms with Gasteiger partial charge in [0, 0.05) is 17.1 Å². The maximum Gasteiger partial charge on any atom is 0.117 e. The molecule has 3 nitrogen and oxygen atoms in total. The van der Waals surface area contributed by atoms with Crippen molar-refractivity contribution in [1.82, 2.24) is 9.97 Å². The number of fused-ring (bicyclic) bond motifs is 1. The third-order valence-corrected chi connectivity index (χ3v) is 1.82. The van der Waals surface area contributed by atoms with E-state index in [2.05, 4.69) is 9.97 Å². The molecule has 0 aliphatic heterocycles. The predicted octanol–water partition coefficient (Wildman–Crippen LogP) is 2.67. The van der Waals surface area contributed by atoms with Crippen molar-refractivity contribution in [2.75, 3.05) is 0 Å². The number of hydrogen-bond donors (Lipinski definition) is 1. The van der Waals surface area contributed by atoms with Gasteiger partial charge in [0.05, 0.1) is 5.52 Å². The molecule has 0 radical (unpaired) electrons. The number of aryl methyl sites for hydroxylation is 1. The predicted molar refractivity (Wildman–Crippen MR) is 57.3 cm³/mol. The van der Waals surface area contributed by atoms with Gasteiger partial charge in [-0.25, -0.2) is 9.97 Å². The van der Waals surface area contributed by atoms with Crippen LogP contribution in [-0.2, 0) is 0 Å². The minimum Gasteiger partial charge on any atom is -0.508 e. The summed E-state index contributed by atoms with van der Waals surface area (Å²) in [6.45, 7) is 5.92. The molecule has 2 rings (SSSR count). The van der Waals surface area contributed by atoms with Crippen molar-refractivity contribution >= 4 is 10.9 Å². The number of phenols is 1. The smallest absolute Gasteiger partial charge is 0.117 e. The van der Waals surface area contributed by atoms with Gasteiger partial charge in [-0.2, -0.15) is 0 Å². The SMILES string of the molecule is CC.Cc1ncnc2cc(O)ccc12. The molecule has 1 aromatic heterocycles. The topological polar surface area (TPSA) is 46.0 Å². The molecule has 2 aromatic rings. The highest BCUT2D eigenvalue weighted by atomic mass is 16.3. The molecule has 1 heterocycles. The van der Waals surface area contributed by atoms with Crippen LogP contribution in [0.1, 0.15) is 19.5 Å². The van der Waals surface area contributed by atoms with Gasteiger partial charge in [-0.05, 0) is 19.1 Å². The van der Waals surface area contributed by atoms with E-state index in [-0.39, 0.29) is 5.75 Å². The first kappa shape index (κ1) is 10.4. The quantitative estimate of drug-likeness (QED) is 0.694. The Kier molecular flexibility index (Phi) is 3.40. The average molecular weight is 190 g/mol. The fourth-order valence-corrected chi connectivity index (χ4v) is 1.18. The number of aromatic nitrogens is 2. The summed E-state index contributed by atoms with van der Waals surface area (Å²) in [6.07, 6.45) is 1.50. The first-order valence-corrected chi connectivity index (χ1v) is 4.68. The van der Waals surface area contributed by atoms with Gasteiger partial charge < -0.3 is 5.11 Å². The fourth-order valence-electron chi connectivity index (χ4n) is 1.18. The second-order valence-electron chi connectivity index (χ2n) is 2.66. The van der Waals surface area contributed by atoms with Crippen molar-refractivity contribution in [3.05, 3.63) is 30.2 Å². The maximum atomic E-state index is 9.16. The van der Waals surface area contributed by atoms with Gasteiger partial charge in [0.25, 0.3) is 0 Å².